The van der Waals surface area contributed by atoms with Crippen molar-refractivity contribution in [2.45, 2.75) is 12.5 Å². The summed E-state index contributed by atoms with van der Waals surface area (Å²) in [5.41, 5.74) is 0.919. The Morgan fingerprint density at radius 3 is 2.24 bits per heavy atom. The van der Waals surface area contributed by atoms with E-state index in [-0.39, 0.29) is 28.4 Å². The number of hydrogen-bond acceptors (Lipinski definition) is 4. The van der Waals surface area contributed by atoms with Crippen LogP contribution in [-0.2, 0) is 9.84 Å². The SMILES string of the molecule is O=C(N[C@@H]1CCS(=O)(=O)C1)c1ccccc1C(=O)c1ccc(Cl)cc1. The summed E-state index contributed by atoms with van der Waals surface area (Å²) in [4.78, 5) is 25.2. The van der Waals surface area contributed by atoms with Crippen LogP contribution >= 0.6 is 11.6 Å². The van der Waals surface area contributed by atoms with Gasteiger partial charge in [-0.2, -0.15) is 0 Å². The number of halogens is 1. The summed E-state index contributed by atoms with van der Waals surface area (Å²) in [5, 5.41) is 3.23. The summed E-state index contributed by atoms with van der Waals surface area (Å²) in [6.45, 7) is 0. The second-order valence-corrected chi connectivity index (χ2v) is 8.62. The number of ketones is 1. The minimum atomic E-state index is -3.09. The number of carbonyl (C=O) groups excluding carboxylic acids is 2. The summed E-state index contributed by atoms with van der Waals surface area (Å²) in [6, 6.07) is 12.5. The summed E-state index contributed by atoms with van der Waals surface area (Å²) >= 11 is 5.84. The van der Waals surface area contributed by atoms with Crippen LogP contribution in [0, 0.1) is 0 Å². The predicted molar refractivity (Wildman–Crippen MR) is 95.9 cm³/mol. The van der Waals surface area contributed by atoms with E-state index in [9.17, 15) is 18.0 Å². The summed E-state index contributed by atoms with van der Waals surface area (Å²) in [7, 11) is -3.09. The molecule has 0 aliphatic carbocycles. The quantitative estimate of drug-likeness (QED) is 0.830. The minimum Gasteiger partial charge on any atom is -0.348 e. The Kier molecular flexibility index (Phi) is 4.92. The standard InChI is InChI=1S/C18H16ClNO4S/c19-13-7-5-12(6-8-13)17(21)15-3-1-2-4-16(15)18(22)20-14-9-10-25(23,24)11-14/h1-8,14H,9-11H2,(H,20,22)/t14-/m1/s1. The molecule has 1 aliphatic heterocycles. The van der Waals surface area contributed by atoms with E-state index >= 15 is 0 Å². The molecule has 0 saturated carbocycles. The topological polar surface area (TPSA) is 80.3 Å². The predicted octanol–water partition coefficient (Wildman–Crippen LogP) is 2.49. The summed E-state index contributed by atoms with van der Waals surface area (Å²) in [6.07, 6.45) is 0.390. The molecule has 0 radical (unpaired) electrons. The molecule has 1 heterocycles. The number of rotatable bonds is 4. The highest BCUT2D eigenvalue weighted by molar-refractivity contribution is 7.91. The molecule has 1 aliphatic rings. The van der Waals surface area contributed by atoms with E-state index in [0.29, 0.717) is 17.0 Å². The van der Waals surface area contributed by atoms with Crippen molar-refractivity contribution >= 4 is 33.1 Å². The first-order chi connectivity index (χ1) is 11.9. The van der Waals surface area contributed by atoms with Gasteiger partial charge in [-0.15, -0.1) is 0 Å². The third-order valence-electron chi connectivity index (χ3n) is 4.09. The van der Waals surface area contributed by atoms with Crippen LogP contribution in [0.25, 0.3) is 0 Å². The molecule has 0 aromatic heterocycles. The van der Waals surface area contributed by atoms with Gasteiger partial charge in [-0.3, -0.25) is 9.59 Å². The van der Waals surface area contributed by atoms with Crippen molar-refractivity contribution in [3.8, 4) is 0 Å². The first-order valence-electron chi connectivity index (χ1n) is 7.76. The Balaban J connectivity index is 1.84. The van der Waals surface area contributed by atoms with E-state index < -0.39 is 21.8 Å². The number of carbonyl (C=O) groups is 2. The maximum atomic E-state index is 12.7. The molecule has 25 heavy (non-hydrogen) atoms. The van der Waals surface area contributed by atoms with Crippen molar-refractivity contribution < 1.29 is 18.0 Å². The third kappa shape index (κ3) is 4.08. The van der Waals surface area contributed by atoms with Gasteiger partial charge < -0.3 is 5.32 Å². The van der Waals surface area contributed by atoms with Gasteiger partial charge in [-0.05, 0) is 36.8 Å². The second kappa shape index (κ2) is 6.98. The molecule has 1 amide bonds. The Hall–Kier alpha value is -2.18. The lowest BCUT2D eigenvalue weighted by molar-refractivity contribution is 0.0930. The average Bonchev–Trinajstić information content (AvgIpc) is 2.93. The molecule has 7 heteroatoms. The first kappa shape index (κ1) is 17.6. The first-order valence-corrected chi connectivity index (χ1v) is 9.96. The van der Waals surface area contributed by atoms with Crippen LogP contribution in [0.5, 0.6) is 0 Å². The monoisotopic (exact) mass is 377 g/mol. The van der Waals surface area contributed by atoms with Crippen LogP contribution < -0.4 is 5.32 Å². The van der Waals surface area contributed by atoms with Crippen LogP contribution in [-0.4, -0.2) is 37.7 Å². The van der Waals surface area contributed by atoms with Crippen LogP contribution in [0.3, 0.4) is 0 Å². The maximum absolute atomic E-state index is 12.7. The molecule has 1 atom stereocenters. The highest BCUT2D eigenvalue weighted by Gasteiger charge is 2.30. The van der Waals surface area contributed by atoms with Crippen molar-refractivity contribution in [1.82, 2.24) is 5.32 Å². The van der Waals surface area contributed by atoms with E-state index in [2.05, 4.69) is 5.32 Å². The fourth-order valence-electron chi connectivity index (χ4n) is 2.81. The fourth-order valence-corrected chi connectivity index (χ4v) is 4.61. The van der Waals surface area contributed by atoms with Crippen molar-refractivity contribution in [2.24, 2.45) is 0 Å². The van der Waals surface area contributed by atoms with Crippen molar-refractivity contribution in [1.29, 1.82) is 0 Å². The van der Waals surface area contributed by atoms with Gasteiger partial charge in [0.15, 0.2) is 15.6 Å². The molecule has 0 bridgehead atoms. The molecular formula is C18H16ClNO4S. The molecule has 1 fully saturated rings. The molecule has 1 saturated heterocycles. The smallest absolute Gasteiger partial charge is 0.252 e. The van der Waals surface area contributed by atoms with Crippen molar-refractivity contribution in [3.63, 3.8) is 0 Å². The largest absolute Gasteiger partial charge is 0.348 e. The van der Waals surface area contributed by atoms with Gasteiger partial charge >= 0.3 is 0 Å². The normalized spacial score (nSPS) is 18.7. The third-order valence-corrected chi connectivity index (χ3v) is 6.11. The lowest BCUT2D eigenvalue weighted by atomic mass is 9.97. The van der Waals surface area contributed by atoms with Gasteiger partial charge in [-0.25, -0.2) is 8.42 Å². The number of sulfone groups is 1. The fraction of sp³-hybridized carbons (Fsp3) is 0.222. The van der Waals surface area contributed by atoms with E-state index in [1.165, 1.54) is 0 Å². The molecule has 130 valence electrons. The number of amides is 1. The van der Waals surface area contributed by atoms with Gasteiger partial charge in [0.1, 0.15) is 0 Å². The zero-order chi connectivity index (χ0) is 18.0. The van der Waals surface area contributed by atoms with E-state index in [4.69, 9.17) is 11.6 Å². The molecule has 2 aromatic carbocycles. The van der Waals surface area contributed by atoms with Crippen LogP contribution in [0.1, 0.15) is 32.7 Å². The maximum Gasteiger partial charge on any atom is 0.252 e. The van der Waals surface area contributed by atoms with Crippen molar-refractivity contribution in [2.75, 3.05) is 11.5 Å². The van der Waals surface area contributed by atoms with E-state index in [1.807, 2.05) is 0 Å². The van der Waals surface area contributed by atoms with Crippen molar-refractivity contribution in [3.05, 3.63) is 70.2 Å². The van der Waals surface area contributed by atoms with Crippen LogP contribution in [0.4, 0.5) is 0 Å². The highest BCUT2D eigenvalue weighted by Crippen LogP contribution is 2.18. The Labute approximate surface area is 150 Å². The van der Waals surface area contributed by atoms with Gasteiger partial charge in [0, 0.05) is 22.2 Å². The Bertz CT molecular complexity index is 922. The molecule has 2 aromatic rings. The minimum absolute atomic E-state index is 0.0635. The van der Waals surface area contributed by atoms with Crippen LogP contribution in [0.15, 0.2) is 48.5 Å². The van der Waals surface area contributed by atoms with Gasteiger partial charge in [0.2, 0.25) is 0 Å². The zero-order valence-electron chi connectivity index (χ0n) is 13.2. The van der Waals surface area contributed by atoms with E-state index in [0.717, 1.165) is 0 Å². The lowest BCUT2D eigenvalue weighted by Gasteiger charge is -2.13. The molecular weight excluding hydrogens is 362 g/mol. The summed E-state index contributed by atoms with van der Waals surface area (Å²) in [5.74, 6) is -0.725. The van der Waals surface area contributed by atoms with Crippen LogP contribution in [0.2, 0.25) is 5.02 Å². The molecule has 0 spiro atoms. The summed E-state index contributed by atoms with van der Waals surface area (Å²) < 4.78 is 23.1. The number of hydrogen-bond donors (Lipinski definition) is 1. The molecule has 3 rings (SSSR count). The molecule has 0 unspecified atom stereocenters. The second-order valence-electron chi connectivity index (χ2n) is 5.96. The average molecular weight is 378 g/mol. The number of nitrogens with one attached hydrogen (secondary N) is 1. The van der Waals surface area contributed by atoms with E-state index in [1.54, 1.807) is 48.5 Å². The van der Waals surface area contributed by atoms with Gasteiger partial charge in [0.05, 0.1) is 17.1 Å². The zero-order valence-corrected chi connectivity index (χ0v) is 14.8. The highest BCUT2D eigenvalue weighted by atomic mass is 35.5. The number of benzene rings is 2. The Morgan fingerprint density at radius 1 is 1.00 bits per heavy atom. The van der Waals surface area contributed by atoms with Gasteiger partial charge in [-0.1, -0.05) is 29.8 Å². The Morgan fingerprint density at radius 2 is 1.64 bits per heavy atom. The van der Waals surface area contributed by atoms with Gasteiger partial charge in [0.25, 0.3) is 5.91 Å². The lowest BCUT2D eigenvalue weighted by Crippen LogP contribution is -2.36. The molecule has 5 nitrogen and oxygen atoms in total. The molecule has 1 N–H and O–H groups in total.